The number of amides is 1. The molecule has 1 aromatic heterocycles. The summed E-state index contributed by atoms with van der Waals surface area (Å²) in [6, 6.07) is 10.3. The third-order valence-corrected chi connectivity index (χ3v) is 3.75. The highest BCUT2D eigenvalue weighted by Crippen LogP contribution is 2.13. The molecule has 0 atom stereocenters. The maximum atomic E-state index is 11.8. The highest BCUT2D eigenvalue weighted by atomic mass is 16.1. The van der Waals surface area contributed by atoms with Crippen molar-refractivity contribution < 1.29 is 4.79 Å². The van der Waals surface area contributed by atoms with Crippen molar-refractivity contribution in [1.29, 1.82) is 0 Å². The molecule has 4 nitrogen and oxygen atoms in total. The fraction of sp³-hybridized carbons (Fsp3) is 0.333. The number of benzene rings is 1. The predicted octanol–water partition coefficient (Wildman–Crippen LogP) is 2.80. The lowest BCUT2D eigenvalue weighted by Gasteiger charge is -2.03. The van der Waals surface area contributed by atoms with Crippen molar-refractivity contribution in [2.75, 3.05) is 6.54 Å². The summed E-state index contributed by atoms with van der Waals surface area (Å²) in [5, 5.41) is 7.25. The van der Waals surface area contributed by atoms with Gasteiger partial charge in [0.05, 0.1) is 5.69 Å². The summed E-state index contributed by atoms with van der Waals surface area (Å²) in [5.41, 5.74) is 4.31. The molecule has 0 aliphatic heterocycles. The number of aryl methyl sites for hydroxylation is 3. The molecule has 116 valence electrons. The Morgan fingerprint density at radius 1 is 1.27 bits per heavy atom. The molecule has 0 saturated heterocycles. The van der Waals surface area contributed by atoms with Crippen LogP contribution in [0.1, 0.15) is 28.9 Å². The molecule has 22 heavy (non-hydrogen) atoms. The zero-order valence-corrected chi connectivity index (χ0v) is 13.5. The zero-order valence-electron chi connectivity index (χ0n) is 13.5. The Morgan fingerprint density at radius 2 is 2.00 bits per heavy atom. The number of carbonyl (C=O) groups is 1. The molecule has 0 aliphatic rings. The number of nitrogens with one attached hydrogen (secondary N) is 1. The Kier molecular flexibility index (Phi) is 5.53. The predicted molar refractivity (Wildman–Crippen MR) is 89.5 cm³/mol. The molecule has 0 unspecified atom stereocenters. The van der Waals surface area contributed by atoms with Crippen LogP contribution in [-0.2, 0) is 18.3 Å². The molecule has 2 aromatic rings. The summed E-state index contributed by atoms with van der Waals surface area (Å²) >= 11 is 0. The summed E-state index contributed by atoms with van der Waals surface area (Å²) in [4.78, 5) is 11.8. The average Bonchev–Trinajstić information content (AvgIpc) is 2.76. The van der Waals surface area contributed by atoms with E-state index in [1.807, 2.05) is 49.9 Å². The number of carbonyl (C=O) groups excluding carboxylic acids is 1. The van der Waals surface area contributed by atoms with E-state index < -0.39 is 0 Å². The van der Waals surface area contributed by atoms with Gasteiger partial charge in [0.15, 0.2) is 0 Å². The second-order valence-electron chi connectivity index (χ2n) is 5.42. The molecule has 1 aromatic carbocycles. The van der Waals surface area contributed by atoms with Gasteiger partial charge >= 0.3 is 0 Å². The maximum Gasteiger partial charge on any atom is 0.244 e. The van der Waals surface area contributed by atoms with Gasteiger partial charge in [0.25, 0.3) is 0 Å². The molecule has 0 spiro atoms. The topological polar surface area (TPSA) is 46.9 Å². The van der Waals surface area contributed by atoms with Crippen LogP contribution in [0.4, 0.5) is 0 Å². The summed E-state index contributed by atoms with van der Waals surface area (Å²) in [7, 11) is 1.91. The second kappa shape index (κ2) is 7.59. The van der Waals surface area contributed by atoms with Crippen molar-refractivity contribution >= 4 is 12.0 Å². The van der Waals surface area contributed by atoms with E-state index in [2.05, 4.69) is 22.5 Å². The van der Waals surface area contributed by atoms with Crippen molar-refractivity contribution in [3.8, 4) is 0 Å². The zero-order chi connectivity index (χ0) is 15.9. The van der Waals surface area contributed by atoms with E-state index in [4.69, 9.17) is 0 Å². The quantitative estimate of drug-likeness (QED) is 0.658. The summed E-state index contributed by atoms with van der Waals surface area (Å²) in [5.74, 6) is -0.0595. The minimum absolute atomic E-state index is 0.0595. The molecular formula is C18H23N3O. The van der Waals surface area contributed by atoms with Crippen LogP contribution in [0.2, 0.25) is 0 Å². The van der Waals surface area contributed by atoms with Crippen molar-refractivity contribution in [3.63, 3.8) is 0 Å². The fourth-order valence-corrected chi connectivity index (χ4v) is 2.40. The van der Waals surface area contributed by atoms with Crippen LogP contribution >= 0.6 is 0 Å². The Labute approximate surface area is 131 Å². The highest BCUT2D eigenvalue weighted by molar-refractivity contribution is 5.91. The van der Waals surface area contributed by atoms with Gasteiger partial charge in [-0.3, -0.25) is 9.48 Å². The lowest BCUT2D eigenvalue weighted by atomic mass is 10.1. The molecular weight excluding hydrogens is 274 g/mol. The van der Waals surface area contributed by atoms with Crippen LogP contribution in [0.5, 0.6) is 0 Å². The SMILES string of the molecule is Cc1nn(C)c(C)c1/C=C/C(=O)NCCCc1ccccc1. The summed E-state index contributed by atoms with van der Waals surface area (Å²) < 4.78 is 1.83. The van der Waals surface area contributed by atoms with Gasteiger partial charge < -0.3 is 5.32 Å². The van der Waals surface area contributed by atoms with Gasteiger partial charge in [-0.15, -0.1) is 0 Å². The van der Waals surface area contributed by atoms with Crippen LogP contribution in [0.3, 0.4) is 0 Å². The lowest BCUT2D eigenvalue weighted by molar-refractivity contribution is -0.116. The van der Waals surface area contributed by atoms with E-state index in [9.17, 15) is 4.79 Å². The van der Waals surface area contributed by atoms with Crippen molar-refractivity contribution in [1.82, 2.24) is 15.1 Å². The number of nitrogens with zero attached hydrogens (tertiary/aromatic N) is 2. The second-order valence-corrected chi connectivity index (χ2v) is 5.42. The first-order chi connectivity index (χ1) is 10.6. The van der Waals surface area contributed by atoms with Gasteiger partial charge in [-0.25, -0.2) is 0 Å². The van der Waals surface area contributed by atoms with E-state index in [-0.39, 0.29) is 5.91 Å². The minimum atomic E-state index is -0.0595. The molecule has 0 fully saturated rings. The number of hydrogen-bond donors (Lipinski definition) is 1. The Morgan fingerprint density at radius 3 is 2.64 bits per heavy atom. The largest absolute Gasteiger partial charge is 0.353 e. The first-order valence-electron chi connectivity index (χ1n) is 7.58. The molecule has 0 saturated carbocycles. The van der Waals surface area contributed by atoms with Gasteiger partial charge in [-0.2, -0.15) is 5.10 Å². The molecule has 0 radical (unpaired) electrons. The van der Waals surface area contributed by atoms with Crippen molar-refractivity contribution in [2.24, 2.45) is 7.05 Å². The number of hydrogen-bond acceptors (Lipinski definition) is 2. The van der Waals surface area contributed by atoms with Gasteiger partial charge in [0.2, 0.25) is 5.91 Å². The Balaban J connectivity index is 1.77. The summed E-state index contributed by atoms with van der Waals surface area (Å²) in [6.07, 6.45) is 5.34. The summed E-state index contributed by atoms with van der Waals surface area (Å²) in [6.45, 7) is 4.63. The van der Waals surface area contributed by atoms with Gasteiger partial charge in [0, 0.05) is 30.9 Å². The lowest BCUT2D eigenvalue weighted by Crippen LogP contribution is -2.22. The van der Waals surface area contributed by atoms with Crippen LogP contribution < -0.4 is 5.32 Å². The number of rotatable bonds is 6. The molecule has 0 bridgehead atoms. The molecule has 1 heterocycles. The van der Waals surface area contributed by atoms with E-state index >= 15 is 0 Å². The van der Waals surface area contributed by atoms with Crippen LogP contribution in [0.25, 0.3) is 6.08 Å². The fourth-order valence-electron chi connectivity index (χ4n) is 2.40. The molecule has 2 rings (SSSR count). The normalized spacial score (nSPS) is 11.0. The van der Waals surface area contributed by atoms with E-state index in [0.717, 1.165) is 29.8 Å². The van der Waals surface area contributed by atoms with Crippen LogP contribution in [-0.4, -0.2) is 22.2 Å². The van der Waals surface area contributed by atoms with Gasteiger partial charge in [-0.1, -0.05) is 30.3 Å². The third-order valence-electron chi connectivity index (χ3n) is 3.75. The van der Waals surface area contributed by atoms with Crippen molar-refractivity contribution in [3.05, 3.63) is 58.9 Å². The standard InChI is InChI=1S/C18H23N3O/c1-14-17(15(2)21(3)20-14)11-12-18(22)19-13-7-10-16-8-5-4-6-9-16/h4-6,8-9,11-12H,7,10,13H2,1-3H3,(H,19,22)/b12-11+. The van der Waals surface area contributed by atoms with E-state index in [1.165, 1.54) is 5.56 Å². The minimum Gasteiger partial charge on any atom is -0.353 e. The maximum absolute atomic E-state index is 11.8. The Bertz CT molecular complexity index is 656. The Hall–Kier alpha value is -2.36. The molecule has 1 N–H and O–H groups in total. The number of aromatic nitrogens is 2. The van der Waals surface area contributed by atoms with Gasteiger partial charge in [0.1, 0.15) is 0 Å². The highest BCUT2D eigenvalue weighted by Gasteiger charge is 2.06. The van der Waals surface area contributed by atoms with E-state index in [0.29, 0.717) is 6.54 Å². The van der Waals surface area contributed by atoms with E-state index in [1.54, 1.807) is 6.08 Å². The molecule has 1 amide bonds. The first-order valence-corrected chi connectivity index (χ1v) is 7.58. The average molecular weight is 297 g/mol. The van der Waals surface area contributed by atoms with Crippen LogP contribution in [0, 0.1) is 13.8 Å². The molecule has 4 heteroatoms. The van der Waals surface area contributed by atoms with Crippen molar-refractivity contribution in [2.45, 2.75) is 26.7 Å². The smallest absolute Gasteiger partial charge is 0.244 e. The molecule has 0 aliphatic carbocycles. The third kappa shape index (κ3) is 4.32. The monoisotopic (exact) mass is 297 g/mol. The van der Waals surface area contributed by atoms with Crippen LogP contribution in [0.15, 0.2) is 36.4 Å². The van der Waals surface area contributed by atoms with Gasteiger partial charge in [-0.05, 0) is 38.3 Å². The first kappa shape index (κ1) is 16.0.